The van der Waals surface area contributed by atoms with Gasteiger partial charge in [0.2, 0.25) is 17.7 Å². The van der Waals surface area contributed by atoms with Crippen molar-refractivity contribution >= 4 is 17.7 Å². The number of amides is 3. The Labute approximate surface area is 135 Å². The third-order valence-electron chi connectivity index (χ3n) is 4.71. The highest BCUT2D eigenvalue weighted by Gasteiger charge is 2.41. The van der Waals surface area contributed by atoms with Crippen molar-refractivity contribution in [3.8, 4) is 0 Å². The topological polar surface area (TPSA) is 83.7 Å². The van der Waals surface area contributed by atoms with Gasteiger partial charge in [0.05, 0.1) is 0 Å². The van der Waals surface area contributed by atoms with Gasteiger partial charge in [-0.2, -0.15) is 0 Å². The third kappa shape index (κ3) is 2.69. The molecule has 0 aliphatic carbocycles. The molecule has 3 rings (SSSR count). The van der Waals surface area contributed by atoms with Crippen LogP contribution in [-0.2, 0) is 20.8 Å². The average molecular weight is 314 g/mol. The molecule has 0 bridgehead atoms. The highest BCUT2D eigenvalue weighted by Crippen LogP contribution is 2.31. The fourth-order valence-corrected chi connectivity index (χ4v) is 3.63. The summed E-state index contributed by atoms with van der Waals surface area (Å²) < 4.78 is 0. The number of carbonyl (C=O) groups is 3. The van der Waals surface area contributed by atoms with Gasteiger partial charge in [0, 0.05) is 20.0 Å². The van der Waals surface area contributed by atoms with E-state index >= 15 is 0 Å². The SMILES string of the molecule is CC(=O)N1CCCC1C(=O)N1CCc2c[c]ccc2C1C(N)=O. The van der Waals surface area contributed by atoms with Crippen LogP contribution in [0.4, 0.5) is 0 Å². The average Bonchev–Trinajstić information content (AvgIpc) is 3.02. The summed E-state index contributed by atoms with van der Waals surface area (Å²) in [5.41, 5.74) is 7.34. The number of nitrogens with zero attached hydrogens (tertiary/aromatic N) is 2. The number of hydrogen-bond donors (Lipinski definition) is 1. The molecule has 2 aliphatic rings. The summed E-state index contributed by atoms with van der Waals surface area (Å²) in [7, 11) is 0. The van der Waals surface area contributed by atoms with E-state index in [1.807, 2.05) is 6.07 Å². The molecule has 1 fully saturated rings. The van der Waals surface area contributed by atoms with Gasteiger partial charge in [0.1, 0.15) is 12.1 Å². The Morgan fingerprint density at radius 1 is 1.26 bits per heavy atom. The number of hydrogen-bond acceptors (Lipinski definition) is 3. The molecule has 2 heterocycles. The number of fused-ring (bicyclic) bond motifs is 1. The normalized spacial score (nSPS) is 23.5. The number of likely N-dealkylation sites (tertiary alicyclic amines) is 1. The summed E-state index contributed by atoms with van der Waals surface area (Å²) in [5.74, 6) is -0.832. The Morgan fingerprint density at radius 3 is 2.74 bits per heavy atom. The molecule has 6 nitrogen and oxygen atoms in total. The molecular weight excluding hydrogens is 294 g/mol. The van der Waals surface area contributed by atoms with Crippen LogP contribution in [-0.4, -0.2) is 46.7 Å². The van der Waals surface area contributed by atoms with E-state index in [0.29, 0.717) is 25.9 Å². The lowest BCUT2D eigenvalue weighted by atomic mass is 9.91. The van der Waals surface area contributed by atoms with Crippen molar-refractivity contribution in [2.45, 2.75) is 38.3 Å². The summed E-state index contributed by atoms with van der Waals surface area (Å²) in [6.45, 7) is 2.49. The van der Waals surface area contributed by atoms with Gasteiger partial charge in [0.15, 0.2) is 0 Å². The summed E-state index contributed by atoms with van der Waals surface area (Å²) >= 11 is 0. The fourth-order valence-electron chi connectivity index (χ4n) is 3.63. The maximum atomic E-state index is 13.0. The van der Waals surface area contributed by atoms with Crippen LogP contribution in [0.15, 0.2) is 18.2 Å². The van der Waals surface area contributed by atoms with E-state index < -0.39 is 18.0 Å². The monoisotopic (exact) mass is 314 g/mol. The zero-order valence-corrected chi connectivity index (χ0v) is 13.1. The van der Waals surface area contributed by atoms with E-state index in [-0.39, 0.29) is 11.8 Å². The highest BCUT2D eigenvalue weighted by atomic mass is 16.2. The quantitative estimate of drug-likeness (QED) is 0.858. The number of benzene rings is 1. The maximum absolute atomic E-state index is 13.0. The standard InChI is InChI=1S/C17H20N3O3/c1-11(21)19-9-4-7-14(19)17(23)20-10-8-12-5-2-3-6-13(12)15(20)16(18)22/h3,5-6,14-15H,4,7-10H2,1H3,(H2,18,22). The molecule has 0 saturated carbocycles. The second-order valence-electron chi connectivity index (χ2n) is 6.08. The van der Waals surface area contributed by atoms with Gasteiger partial charge in [-0.15, -0.1) is 0 Å². The molecule has 2 unspecified atom stereocenters. The van der Waals surface area contributed by atoms with Crippen molar-refractivity contribution in [3.63, 3.8) is 0 Å². The van der Waals surface area contributed by atoms with E-state index in [1.54, 1.807) is 17.0 Å². The van der Waals surface area contributed by atoms with Gasteiger partial charge in [-0.05, 0) is 36.5 Å². The van der Waals surface area contributed by atoms with Crippen molar-refractivity contribution in [2.24, 2.45) is 5.73 Å². The minimum absolute atomic E-state index is 0.108. The summed E-state index contributed by atoms with van der Waals surface area (Å²) in [4.78, 5) is 39.8. The van der Waals surface area contributed by atoms with E-state index in [2.05, 4.69) is 6.07 Å². The van der Waals surface area contributed by atoms with Crippen LogP contribution >= 0.6 is 0 Å². The second-order valence-corrected chi connectivity index (χ2v) is 6.08. The van der Waals surface area contributed by atoms with Crippen LogP contribution in [0.5, 0.6) is 0 Å². The first-order chi connectivity index (χ1) is 11.0. The van der Waals surface area contributed by atoms with Crippen LogP contribution in [0.2, 0.25) is 0 Å². The van der Waals surface area contributed by atoms with Crippen LogP contribution in [0, 0.1) is 6.07 Å². The van der Waals surface area contributed by atoms with E-state index in [9.17, 15) is 14.4 Å². The number of nitrogens with two attached hydrogens (primary N) is 1. The zero-order chi connectivity index (χ0) is 16.6. The van der Waals surface area contributed by atoms with E-state index in [1.165, 1.54) is 11.8 Å². The van der Waals surface area contributed by atoms with E-state index in [0.717, 1.165) is 17.5 Å². The minimum Gasteiger partial charge on any atom is -0.368 e. The Bertz CT molecular complexity index is 658. The first-order valence-corrected chi connectivity index (χ1v) is 7.86. The molecule has 1 radical (unpaired) electrons. The van der Waals surface area contributed by atoms with Crippen LogP contribution < -0.4 is 5.73 Å². The van der Waals surface area contributed by atoms with Crippen molar-refractivity contribution in [3.05, 3.63) is 35.4 Å². The van der Waals surface area contributed by atoms with Gasteiger partial charge in [-0.1, -0.05) is 18.2 Å². The molecule has 3 amide bonds. The Balaban J connectivity index is 1.91. The first-order valence-electron chi connectivity index (χ1n) is 7.86. The molecule has 2 aliphatic heterocycles. The maximum Gasteiger partial charge on any atom is 0.246 e. The van der Waals surface area contributed by atoms with Crippen molar-refractivity contribution in [1.29, 1.82) is 0 Å². The van der Waals surface area contributed by atoms with Crippen LogP contribution in [0.3, 0.4) is 0 Å². The Hall–Kier alpha value is -2.37. The molecular formula is C17H20N3O3. The third-order valence-corrected chi connectivity index (χ3v) is 4.71. The largest absolute Gasteiger partial charge is 0.368 e. The lowest BCUT2D eigenvalue weighted by Crippen LogP contribution is -2.52. The number of rotatable bonds is 2. The van der Waals surface area contributed by atoms with E-state index in [4.69, 9.17) is 5.73 Å². The van der Waals surface area contributed by atoms with Gasteiger partial charge >= 0.3 is 0 Å². The number of carbonyl (C=O) groups excluding carboxylic acids is 3. The summed E-state index contributed by atoms with van der Waals surface area (Å²) in [6.07, 6.45) is 2.10. The molecule has 6 heteroatoms. The molecule has 1 aromatic rings. The molecule has 23 heavy (non-hydrogen) atoms. The fraction of sp³-hybridized carbons (Fsp3) is 0.471. The van der Waals surface area contributed by atoms with Crippen molar-refractivity contribution < 1.29 is 14.4 Å². The molecule has 0 aromatic heterocycles. The Morgan fingerprint density at radius 2 is 2.04 bits per heavy atom. The van der Waals surface area contributed by atoms with Gasteiger partial charge in [-0.3, -0.25) is 14.4 Å². The molecule has 1 aromatic carbocycles. The summed E-state index contributed by atoms with van der Waals surface area (Å²) in [5, 5.41) is 0. The van der Waals surface area contributed by atoms with Crippen LogP contribution in [0.25, 0.3) is 0 Å². The van der Waals surface area contributed by atoms with Gasteiger partial charge in [0.25, 0.3) is 0 Å². The molecule has 2 N–H and O–H groups in total. The Kier molecular flexibility index (Phi) is 4.07. The zero-order valence-electron chi connectivity index (χ0n) is 13.1. The van der Waals surface area contributed by atoms with Crippen LogP contribution in [0.1, 0.15) is 36.9 Å². The second kappa shape index (κ2) is 6.02. The predicted octanol–water partition coefficient (Wildman–Crippen LogP) is 0.409. The molecule has 121 valence electrons. The molecule has 1 saturated heterocycles. The molecule has 0 spiro atoms. The summed E-state index contributed by atoms with van der Waals surface area (Å²) in [6, 6.07) is 7.10. The smallest absolute Gasteiger partial charge is 0.246 e. The van der Waals surface area contributed by atoms with Gasteiger partial charge in [-0.25, -0.2) is 0 Å². The minimum atomic E-state index is -0.768. The number of primary amides is 1. The lowest BCUT2D eigenvalue weighted by Gasteiger charge is -2.38. The highest BCUT2D eigenvalue weighted by molar-refractivity contribution is 5.92. The van der Waals surface area contributed by atoms with Crippen molar-refractivity contribution in [2.75, 3.05) is 13.1 Å². The van der Waals surface area contributed by atoms with Crippen molar-refractivity contribution in [1.82, 2.24) is 9.80 Å². The van der Waals surface area contributed by atoms with Gasteiger partial charge < -0.3 is 15.5 Å². The lowest BCUT2D eigenvalue weighted by molar-refractivity contribution is -0.147. The first kappa shape index (κ1) is 15.5. The predicted molar refractivity (Wildman–Crippen MR) is 83.0 cm³/mol. The molecule has 2 atom stereocenters.